The first-order valence-electron chi connectivity index (χ1n) is 6.70. The van der Waals surface area contributed by atoms with Crippen molar-refractivity contribution < 1.29 is 34.4 Å². The molecule has 1 aromatic heterocycles. The first kappa shape index (κ1) is 18.9. The Bertz CT molecular complexity index is 858. The van der Waals surface area contributed by atoms with E-state index in [-0.39, 0.29) is 37.5 Å². The monoisotopic (exact) mass is 489 g/mol. The first-order valence-corrected chi connectivity index (χ1v) is 6.70. The number of aliphatic hydroxyl groups is 1. The normalized spacial score (nSPS) is 10.7. The number of pyridine rings is 1. The van der Waals surface area contributed by atoms with Crippen LogP contribution < -0.4 is 0 Å². The van der Waals surface area contributed by atoms with Crippen LogP contribution in [-0.2, 0) is 24.9 Å². The molecule has 3 nitrogen and oxygen atoms in total. The third kappa shape index (κ3) is 4.95. The number of halogens is 1. The molecule has 1 N–H and O–H groups in total. The molecule has 1 heterocycles. The second kappa shape index (κ2) is 8.51. The summed E-state index contributed by atoms with van der Waals surface area (Å²) in [6.45, 7) is 2.85. The zero-order valence-electron chi connectivity index (χ0n) is 12.6. The summed E-state index contributed by atoms with van der Waals surface area (Å²) in [4.78, 5) is 14.3. The van der Waals surface area contributed by atoms with Crippen molar-refractivity contribution in [2.45, 2.75) is 13.8 Å². The van der Waals surface area contributed by atoms with Crippen molar-refractivity contribution in [2.75, 3.05) is 0 Å². The van der Waals surface area contributed by atoms with Gasteiger partial charge in [0, 0.05) is 38.2 Å². The second-order valence-corrected chi connectivity index (χ2v) is 4.79. The molecule has 0 saturated heterocycles. The Morgan fingerprint density at radius 2 is 2.00 bits per heavy atom. The Kier molecular flexibility index (Phi) is 7.01. The third-order valence-corrected chi connectivity index (χ3v) is 2.90. The van der Waals surface area contributed by atoms with Gasteiger partial charge in [0.2, 0.25) is 0 Å². The number of nitrogens with zero attached hydrogens (tertiary/aromatic N) is 1. The number of rotatable bonds is 1. The van der Waals surface area contributed by atoms with E-state index in [1.54, 1.807) is 18.3 Å². The fraction of sp³-hybridized carbons (Fsp3) is 0.111. The van der Waals surface area contributed by atoms with Crippen LogP contribution in [0.5, 0.6) is 0 Å². The van der Waals surface area contributed by atoms with Crippen molar-refractivity contribution >= 4 is 27.5 Å². The van der Waals surface area contributed by atoms with E-state index in [4.69, 9.17) is 5.11 Å². The number of carbonyl (C=O) groups is 1. The molecule has 0 aliphatic carbocycles. The molecule has 0 fully saturated rings. The second-order valence-electron chi connectivity index (χ2n) is 4.79. The van der Waals surface area contributed by atoms with E-state index in [9.17, 15) is 9.18 Å². The largest absolute Gasteiger partial charge is 0.512 e. The number of benzene rings is 2. The van der Waals surface area contributed by atoms with Gasteiger partial charge in [0.25, 0.3) is 0 Å². The van der Waals surface area contributed by atoms with Crippen molar-refractivity contribution in [1.82, 2.24) is 4.98 Å². The molecule has 0 aliphatic rings. The zero-order chi connectivity index (χ0) is 16.1. The van der Waals surface area contributed by atoms with Crippen LogP contribution in [0.25, 0.3) is 21.7 Å². The average Bonchev–Trinajstić information content (AvgIpc) is 2.46. The summed E-state index contributed by atoms with van der Waals surface area (Å²) in [7, 11) is 0. The van der Waals surface area contributed by atoms with Crippen LogP contribution in [0.15, 0.2) is 54.4 Å². The molecule has 5 heteroatoms. The van der Waals surface area contributed by atoms with Gasteiger partial charge in [0.1, 0.15) is 0 Å². The van der Waals surface area contributed by atoms with Crippen molar-refractivity contribution in [3.05, 3.63) is 66.3 Å². The van der Waals surface area contributed by atoms with Gasteiger partial charge in [0.05, 0.1) is 5.76 Å². The van der Waals surface area contributed by atoms with Gasteiger partial charge in [-0.1, -0.05) is 23.6 Å². The third-order valence-electron chi connectivity index (χ3n) is 2.90. The topological polar surface area (TPSA) is 50.2 Å². The summed E-state index contributed by atoms with van der Waals surface area (Å²) in [5, 5.41) is 10.7. The van der Waals surface area contributed by atoms with Crippen LogP contribution in [0, 0.1) is 11.9 Å². The predicted octanol–water partition coefficient (Wildman–Crippen LogP) is 4.36. The molecule has 2 aromatic carbocycles. The summed E-state index contributed by atoms with van der Waals surface area (Å²) in [5.41, 5.74) is 0.800. The first-order chi connectivity index (χ1) is 10.5. The van der Waals surface area contributed by atoms with Crippen molar-refractivity contribution in [1.29, 1.82) is 0 Å². The Hall–Kier alpha value is -2.10. The van der Waals surface area contributed by atoms with Crippen LogP contribution in [-0.4, -0.2) is 15.9 Å². The number of hydrogen-bond donors (Lipinski definition) is 1. The van der Waals surface area contributed by atoms with Crippen LogP contribution in [0.3, 0.4) is 0 Å². The van der Waals surface area contributed by atoms with Crippen molar-refractivity contribution in [3.8, 4) is 0 Å². The average molecular weight is 489 g/mol. The van der Waals surface area contributed by atoms with Crippen LogP contribution in [0.1, 0.15) is 13.8 Å². The summed E-state index contributed by atoms with van der Waals surface area (Å²) >= 11 is 0. The van der Waals surface area contributed by atoms with Crippen LogP contribution in [0.4, 0.5) is 4.39 Å². The molecule has 0 amide bonds. The molecule has 3 rings (SSSR count). The number of fused-ring (bicyclic) bond motifs is 3. The molecule has 0 aliphatic heterocycles. The number of carbonyl (C=O) groups excluding carboxylic acids is 1. The van der Waals surface area contributed by atoms with Gasteiger partial charge in [-0.2, -0.15) is 0 Å². The minimum atomic E-state index is -0.226. The van der Waals surface area contributed by atoms with E-state index < -0.39 is 0 Å². The molecular weight excluding hydrogens is 473 g/mol. The number of hydrogen-bond acceptors (Lipinski definition) is 3. The van der Waals surface area contributed by atoms with E-state index in [2.05, 4.69) is 11.1 Å². The number of ketones is 1. The summed E-state index contributed by atoms with van der Waals surface area (Å²) in [5.74, 6) is -0.288. The SMILES string of the molecule is CC(=O)/C=C(/C)O.Fc1cc[c-]c2c1ccc1cccnc12.[Ir]. The van der Waals surface area contributed by atoms with Gasteiger partial charge in [-0.3, -0.25) is 4.79 Å². The smallest absolute Gasteiger partial charge is 0.155 e. The van der Waals surface area contributed by atoms with E-state index in [0.29, 0.717) is 5.39 Å². The van der Waals surface area contributed by atoms with E-state index in [0.717, 1.165) is 16.3 Å². The number of aliphatic hydroxyl groups excluding tert-OH is 1. The Labute approximate surface area is 147 Å². The summed E-state index contributed by atoms with van der Waals surface area (Å²) in [6, 6.07) is 13.5. The molecule has 121 valence electrons. The van der Waals surface area contributed by atoms with E-state index in [1.807, 2.05) is 18.2 Å². The fourth-order valence-electron chi connectivity index (χ4n) is 2.07. The number of allylic oxidation sites excluding steroid dienone is 2. The molecular formula is C18H15FIrNO2-. The fourth-order valence-corrected chi connectivity index (χ4v) is 2.07. The van der Waals surface area contributed by atoms with Gasteiger partial charge < -0.3 is 10.1 Å². The maximum Gasteiger partial charge on any atom is 0.155 e. The van der Waals surface area contributed by atoms with Crippen LogP contribution >= 0.6 is 0 Å². The van der Waals surface area contributed by atoms with Crippen LogP contribution in [0.2, 0.25) is 0 Å². The maximum atomic E-state index is 13.5. The molecule has 0 atom stereocenters. The van der Waals surface area contributed by atoms with E-state index in [1.165, 1.54) is 26.0 Å². The molecule has 3 aromatic rings. The van der Waals surface area contributed by atoms with Gasteiger partial charge in [-0.25, -0.2) is 4.39 Å². The minimum absolute atomic E-state index is 0. The summed E-state index contributed by atoms with van der Waals surface area (Å²) in [6.07, 6.45) is 2.88. The van der Waals surface area contributed by atoms with Crippen molar-refractivity contribution in [2.24, 2.45) is 0 Å². The van der Waals surface area contributed by atoms with Gasteiger partial charge in [-0.05, 0) is 30.8 Å². The number of aromatic nitrogens is 1. The molecule has 0 bridgehead atoms. The predicted molar refractivity (Wildman–Crippen MR) is 85.1 cm³/mol. The Morgan fingerprint density at radius 3 is 2.61 bits per heavy atom. The minimum Gasteiger partial charge on any atom is -0.512 e. The molecule has 23 heavy (non-hydrogen) atoms. The zero-order valence-corrected chi connectivity index (χ0v) is 15.0. The quantitative estimate of drug-likeness (QED) is 0.240. The van der Waals surface area contributed by atoms with Gasteiger partial charge in [-0.15, -0.1) is 23.6 Å². The molecule has 1 radical (unpaired) electrons. The molecule has 0 spiro atoms. The van der Waals surface area contributed by atoms with Gasteiger partial charge >= 0.3 is 0 Å². The maximum absolute atomic E-state index is 13.5. The Morgan fingerprint density at radius 1 is 1.26 bits per heavy atom. The molecule has 0 unspecified atom stereocenters. The molecule has 0 saturated carbocycles. The standard InChI is InChI=1S/C13H7FN.C5H8O2.Ir/c14-12-5-1-4-11-10(12)7-6-9-3-2-8-15-13(9)11;1-4(6)3-5(2)7;/h1-3,5-8H;3,6H,1-2H3;/q-1;;/b;4-3-;. The van der Waals surface area contributed by atoms with Crippen molar-refractivity contribution in [3.63, 3.8) is 0 Å². The Balaban J connectivity index is 0.000000287. The van der Waals surface area contributed by atoms with E-state index >= 15 is 0 Å². The summed E-state index contributed by atoms with van der Waals surface area (Å²) < 4.78 is 13.5. The van der Waals surface area contributed by atoms with Gasteiger partial charge in [0.15, 0.2) is 5.78 Å².